The summed E-state index contributed by atoms with van der Waals surface area (Å²) in [5.74, 6) is 0.00172. The summed E-state index contributed by atoms with van der Waals surface area (Å²) >= 11 is 3.50. The highest BCUT2D eigenvalue weighted by atomic mass is 79.9. The van der Waals surface area contributed by atoms with Crippen molar-refractivity contribution in [1.29, 1.82) is 0 Å². The molecule has 3 heteroatoms. The highest BCUT2D eigenvalue weighted by molar-refractivity contribution is 9.09. The second kappa shape index (κ2) is 6.69. The highest BCUT2D eigenvalue weighted by Crippen LogP contribution is 2.14. The van der Waals surface area contributed by atoms with Gasteiger partial charge in [-0.05, 0) is 18.9 Å². The first-order valence-corrected chi connectivity index (χ1v) is 6.53. The minimum atomic E-state index is -0.0854. The smallest absolute Gasteiger partial charge is 0.227 e. The lowest BCUT2D eigenvalue weighted by molar-refractivity contribution is -0.122. The van der Waals surface area contributed by atoms with E-state index in [1.807, 2.05) is 37.3 Å². The maximum Gasteiger partial charge on any atom is 0.227 e. The summed E-state index contributed by atoms with van der Waals surface area (Å²) in [5, 5.41) is 2.95. The Hall–Kier alpha value is -0.830. The van der Waals surface area contributed by atoms with Crippen LogP contribution in [0.1, 0.15) is 31.7 Å². The first-order valence-electron chi connectivity index (χ1n) is 5.61. The molecule has 2 unspecified atom stereocenters. The normalized spacial score (nSPS) is 14.2. The largest absolute Gasteiger partial charge is 0.354 e. The molecule has 0 radical (unpaired) electrons. The van der Waals surface area contributed by atoms with Crippen LogP contribution in [-0.4, -0.2) is 17.3 Å². The summed E-state index contributed by atoms with van der Waals surface area (Å²) in [5.41, 5.74) is 1.06. The third kappa shape index (κ3) is 3.97. The molecule has 1 aromatic rings. The molecule has 0 aliphatic heterocycles. The van der Waals surface area contributed by atoms with E-state index in [-0.39, 0.29) is 11.8 Å². The summed E-state index contributed by atoms with van der Waals surface area (Å²) in [6.07, 6.45) is 1.01. The minimum absolute atomic E-state index is 0.0854. The fourth-order valence-corrected chi connectivity index (χ4v) is 1.56. The number of hydrogen-bond acceptors (Lipinski definition) is 1. The van der Waals surface area contributed by atoms with Gasteiger partial charge in [0.05, 0.1) is 5.92 Å². The molecule has 0 bridgehead atoms. The van der Waals surface area contributed by atoms with Gasteiger partial charge in [0.2, 0.25) is 5.91 Å². The van der Waals surface area contributed by atoms with E-state index < -0.39 is 0 Å². The van der Waals surface area contributed by atoms with Gasteiger partial charge >= 0.3 is 0 Å². The molecule has 88 valence electrons. The average Bonchev–Trinajstić information content (AvgIpc) is 2.35. The van der Waals surface area contributed by atoms with Crippen molar-refractivity contribution in [2.45, 2.75) is 31.0 Å². The molecule has 0 saturated carbocycles. The number of alkyl halides is 1. The van der Waals surface area contributed by atoms with Crippen molar-refractivity contribution in [3.05, 3.63) is 35.9 Å². The van der Waals surface area contributed by atoms with E-state index in [4.69, 9.17) is 0 Å². The summed E-state index contributed by atoms with van der Waals surface area (Å²) in [4.78, 5) is 12.2. The average molecular weight is 284 g/mol. The van der Waals surface area contributed by atoms with Crippen molar-refractivity contribution < 1.29 is 4.79 Å². The second-order valence-corrected chi connectivity index (χ2v) is 5.18. The van der Waals surface area contributed by atoms with Crippen LogP contribution in [-0.2, 0) is 4.79 Å². The molecule has 0 saturated heterocycles. The van der Waals surface area contributed by atoms with E-state index in [0.717, 1.165) is 12.0 Å². The Morgan fingerprint density at radius 2 is 2.00 bits per heavy atom. The molecule has 1 N–H and O–H groups in total. The first-order chi connectivity index (χ1) is 7.65. The van der Waals surface area contributed by atoms with Gasteiger partial charge in [-0.2, -0.15) is 0 Å². The summed E-state index contributed by atoms with van der Waals surface area (Å²) in [6.45, 7) is 4.71. The van der Waals surface area contributed by atoms with Gasteiger partial charge in [-0.1, -0.05) is 53.2 Å². The Labute approximate surface area is 106 Å². The van der Waals surface area contributed by atoms with Gasteiger partial charge < -0.3 is 5.32 Å². The number of amides is 1. The maximum atomic E-state index is 11.8. The molecular weight excluding hydrogens is 266 g/mol. The molecule has 0 fully saturated rings. The van der Waals surface area contributed by atoms with Gasteiger partial charge in [-0.15, -0.1) is 0 Å². The Kier molecular flexibility index (Phi) is 5.53. The van der Waals surface area contributed by atoms with E-state index in [2.05, 4.69) is 28.2 Å². The molecule has 1 amide bonds. The van der Waals surface area contributed by atoms with Crippen molar-refractivity contribution >= 4 is 21.8 Å². The number of hydrogen-bond donors (Lipinski definition) is 1. The van der Waals surface area contributed by atoms with E-state index in [1.165, 1.54) is 0 Å². The molecule has 16 heavy (non-hydrogen) atoms. The third-order valence-corrected chi connectivity index (χ3v) is 3.60. The lowest BCUT2D eigenvalue weighted by Crippen LogP contribution is -2.32. The number of carbonyl (C=O) groups excluding carboxylic acids is 1. The standard InChI is InChI=1S/C13H18BrNO/c1-3-12(14)9-15-13(16)10(2)11-7-5-4-6-8-11/h4-8,10,12H,3,9H2,1-2H3,(H,15,16). The van der Waals surface area contributed by atoms with Crippen LogP contribution < -0.4 is 5.32 Å². The fraction of sp³-hybridized carbons (Fsp3) is 0.462. The Bertz CT molecular complexity index is 326. The molecular formula is C13H18BrNO. The van der Waals surface area contributed by atoms with Crippen LogP contribution in [0.25, 0.3) is 0 Å². The number of benzene rings is 1. The van der Waals surface area contributed by atoms with E-state index in [0.29, 0.717) is 11.4 Å². The van der Waals surface area contributed by atoms with Crippen LogP contribution in [0.15, 0.2) is 30.3 Å². The number of halogens is 1. The van der Waals surface area contributed by atoms with Gasteiger partial charge in [-0.25, -0.2) is 0 Å². The molecule has 0 heterocycles. The molecule has 0 aliphatic carbocycles. The van der Waals surface area contributed by atoms with Crippen LogP contribution in [0.4, 0.5) is 0 Å². The molecule has 1 aromatic carbocycles. The Morgan fingerprint density at radius 3 is 2.56 bits per heavy atom. The fourth-order valence-electron chi connectivity index (χ4n) is 1.40. The van der Waals surface area contributed by atoms with Crippen LogP contribution in [0, 0.1) is 0 Å². The maximum absolute atomic E-state index is 11.8. The zero-order valence-corrected chi connectivity index (χ0v) is 11.3. The van der Waals surface area contributed by atoms with Crippen LogP contribution in [0.5, 0.6) is 0 Å². The zero-order chi connectivity index (χ0) is 12.0. The lowest BCUT2D eigenvalue weighted by atomic mass is 10.0. The van der Waals surface area contributed by atoms with Crippen molar-refractivity contribution in [2.24, 2.45) is 0 Å². The van der Waals surface area contributed by atoms with Crippen molar-refractivity contribution in [3.8, 4) is 0 Å². The number of carbonyl (C=O) groups is 1. The summed E-state index contributed by atoms with van der Waals surface area (Å²) in [6, 6.07) is 9.84. The topological polar surface area (TPSA) is 29.1 Å². The molecule has 1 rings (SSSR count). The van der Waals surface area contributed by atoms with Crippen LogP contribution >= 0.6 is 15.9 Å². The van der Waals surface area contributed by atoms with Gasteiger partial charge in [0, 0.05) is 11.4 Å². The predicted molar refractivity (Wildman–Crippen MR) is 70.9 cm³/mol. The quantitative estimate of drug-likeness (QED) is 0.827. The van der Waals surface area contributed by atoms with Gasteiger partial charge in [-0.3, -0.25) is 4.79 Å². The van der Waals surface area contributed by atoms with Crippen molar-refractivity contribution in [1.82, 2.24) is 5.32 Å². The minimum Gasteiger partial charge on any atom is -0.354 e. The Balaban J connectivity index is 2.49. The third-order valence-electron chi connectivity index (χ3n) is 2.63. The van der Waals surface area contributed by atoms with Crippen LogP contribution in [0.2, 0.25) is 0 Å². The first kappa shape index (κ1) is 13.2. The molecule has 0 aliphatic rings. The summed E-state index contributed by atoms with van der Waals surface area (Å²) in [7, 11) is 0. The number of rotatable bonds is 5. The summed E-state index contributed by atoms with van der Waals surface area (Å²) < 4.78 is 0. The van der Waals surface area contributed by atoms with Gasteiger partial charge in [0.15, 0.2) is 0 Å². The second-order valence-electron chi connectivity index (χ2n) is 3.88. The van der Waals surface area contributed by atoms with Crippen molar-refractivity contribution in [2.75, 3.05) is 6.54 Å². The van der Waals surface area contributed by atoms with Gasteiger partial charge in [0.25, 0.3) is 0 Å². The van der Waals surface area contributed by atoms with Crippen molar-refractivity contribution in [3.63, 3.8) is 0 Å². The van der Waals surface area contributed by atoms with Crippen LogP contribution in [0.3, 0.4) is 0 Å². The molecule has 2 atom stereocenters. The number of nitrogens with one attached hydrogen (secondary N) is 1. The monoisotopic (exact) mass is 283 g/mol. The Morgan fingerprint density at radius 1 is 1.38 bits per heavy atom. The molecule has 0 spiro atoms. The van der Waals surface area contributed by atoms with Gasteiger partial charge in [0.1, 0.15) is 0 Å². The van der Waals surface area contributed by atoms with E-state index in [9.17, 15) is 4.79 Å². The SMILES string of the molecule is CCC(Br)CNC(=O)C(C)c1ccccc1. The predicted octanol–water partition coefficient (Wildman–Crippen LogP) is 3.08. The van der Waals surface area contributed by atoms with E-state index in [1.54, 1.807) is 0 Å². The van der Waals surface area contributed by atoms with E-state index >= 15 is 0 Å². The zero-order valence-electron chi connectivity index (χ0n) is 9.74. The molecule has 2 nitrogen and oxygen atoms in total. The lowest BCUT2D eigenvalue weighted by Gasteiger charge is -2.14. The molecule has 0 aromatic heterocycles. The highest BCUT2D eigenvalue weighted by Gasteiger charge is 2.14.